The zero-order valence-electron chi connectivity index (χ0n) is 14.7. The summed E-state index contributed by atoms with van der Waals surface area (Å²) < 4.78 is 3.71. The molecule has 5 heteroatoms. The number of rotatable bonds is 3. The molecular formula is C22H17BrN2O2. The van der Waals surface area contributed by atoms with Crippen molar-refractivity contribution in [3.63, 3.8) is 0 Å². The molecule has 27 heavy (non-hydrogen) atoms. The molecule has 0 saturated heterocycles. The Hall–Kier alpha value is -2.92. The lowest BCUT2D eigenvalue weighted by Gasteiger charge is -2.15. The second kappa shape index (κ2) is 7.00. The average Bonchev–Trinajstić information content (AvgIpc) is 2.68. The molecular weight excluding hydrogens is 404 g/mol. The van der Waals surface area contributed by atoms with Gasteiger partial charge >= 0.3 is 5.69 Å². The molecule has 0 bridgehead atoms. The summed E-state index contributed by atoms with van der Waals surface area (Å²) in [7, 11) is 0. The molecule has 0 amide bonds. The van der Waals surface area contributed by atoms with Crippen LogP contribution in [0.1, 0.15) is 11.1 Å². The van der Waals surface area contributed by atoms with E-state index in [9.17, 15) is 9.59 Å². The lowest BCUT2D eigenvalue weighted by molar-refractivity contribution is 0.712. The van der Waals surface area contributed by atoms with E-state index < -0.39 is 0 Å². The molecule has 4 rings (SSSR count). The van der Waals surface area contributed by atoms with Gasteiger partial charge in [-0.05, 0) is 48.4 Å². The van der Waals surface area contributed by atoms with Gasteiger partial charge in [-0.25, -0.2) is 9.36 Å². The van der Waals surface area contributed by atoms with E-state index in [0.29, 0.717) is 23.1 Å². The molecule has 0 N–H and O–H groups in total. The number of aromatic nitrogens is 2. The molecule has 1 aromatic heterocycles. The Morgan fingerprint density at radius 2 is 1.59 bits per heavy atom. The second-order valence-corrected chi connectivity index (χ2v) is 7.35. The number of nitrogens with zero attached hydrogens (tertiary/aromatic N) is 2. The van der Waals surface area contributed by atoms with Gasteiger partial charge in [-0.15, -0.1) is 0 Å². The lowest BCUT2D eigenvalue weighted by Crippen LogP contribution is -2.39. The first-order valence-corrected chi connectivity index (χ1v) is 9.40. The van der Waals surface area contributed by atoms with Crippen LogP contribution in [0.15, 0.2) is 86.9 Å². The highest BCUT2D eigenvalue weighted by atomic mass is 79.9. The van der Waals surface area contributed by atoms with Gasteiger partial charge in [0.05, 0.1) is 23.1 Å². The van der Waals surface area contributed by atoms with Crippen molar-refractivity contribution < 1.29 is 0 Å². The first-order chi connectivity index (χ1) is 13.1. The highest BCUT2D eigenvalue weighted by molar-refractivity contribution is 9.10. The van der Waals surface area contributed by atoms with E-state index in [1.807, 2.05) is 61.5 Å². The molecule has 0 saturated carbocycles. The predicted molar refractivity (Wildman–Crippen MR) is 112 cm³/mol. The molecule has 0 fully saturated rings. The number of halogens is 1. The molecule has 0 aliphatic heterocycles. The number of para-hydroxylation sites is 1. The molecule has 0 unspecified atom stereocenters. The summed E-state index contributed by atoms with van der Waals surface area (Å²) in [5, 5.41) is 0.501. The number of hydrogen-bond acceptors (Lipinski definition) is 2. The maximum absolute atomic E-state index is 13.3. The fourth-order valence-corrected chi connectivity index (χ4v) is 3.62. The first kappa shape index (κ1) is 17.5. The van der Waals surface area contributed by atoms with Crippen molar-refractivity contribution in [3.8, 4) is 5.69 Å². The SMILES string of the molecule is Cc1ccccc1Cn1c(=O)n(-c2ccccc2)c(=O)c2cc(Br)ccc21. The van der Waals surface area contributed by atoms with Gasteiger partial charge in [0.1, 0.15) is 0 Å². The van der Waals surface area contributed by atoms with Crippen molar-refractivity contribution in [1.82, 2.24) is 9.13 Å². The minimum absolute atomic E-state index is 0.316. The quantitative estimate of drug-likeness (QED) is 0.496. The van der Waals surface area contributed by atoms with Gasteiger partial charge in [0.25, 0.3) is 5.56 Å². The summed E-state index contributed by atoms with van der Waals surface area (Å²) in [6.07, 6.45) is 0. The molecule has 1 heterocycles. The summed E-state index contributed by atoms with van der Waals surface area (Å²) in [6.45, 7) is 2.42. The number of fused-ring (bicyclic) bond motifs is 1. The zero-order valence-corrected chi connectivity index (χ0v) is 16.3. The molecule has 0 atom stereocenters. The summed E-state index contributed by atoms with van der Waals surface area (Å²) >= 11 is 3.43. The fraction of sp³-hybridized carbons (Fsp3) is 0.0909. The maximum atomic E-state index is 13.3. The smallest absolute Gasteiger partial charge is 0.288 e. The fourth-order valence-electron chi connectivity index (χ4n) is 3.26. The van der Waals surface area contributed by atoms with E-state index >= 15 is 0 Å². The standard InChI is InChI=1S/C22H17BrN2O2/c1-15-7-5-6-8-16(15)14-24-20-12-11-17(23)13-19(20)21(26)25(22(24)27)18-9-3-2-4-10-18/h2-13H,14H2,1H3. The van der Waals surface area contributed by atoms with E-state index in [2.05, 4.69) is 15.9 Å². The Kier molecular flexibility index (Phi) is 4.54. The van der Waals surface area contributed by atoms with Gasteiger partial charge in [0, 0.05) is 4.47 Å². The molecule has 0 radical (unpaired) electrons. The van der Waals surface area contributed by atoms with Crippen molar-refractivity contribution in [1.29, 1.82) is 0 Å². The van der Waals surface area contributed by atoms with Crippen LogP contribution in [0.4, 0.5) is 0 Å². The summed E-state index contributed by atoms with van der Waals surface area (Å²) in [6, 6.07) is 22.4. The van der Waals surface area contributed by atoms with Gasteiger partial charge in [-0.1, -0.05) is 58.4 Å². The van der Waals surface area contributed by atoms with Crippen LogP contribution in [0.2, 0.25) is 0 Å². The molecule has 0 spiro atoms. The lowest BCUT2D eigenvalue weighted by atomic mass is 10.1. The highest BCUT2D eigenvalue weighted by Gasteiger charge is 2.15. The minimum Gasteiger partial charge on any atom is -0.288 e. The van der Waals surface area contributed by atoms with Crippen molar-refractivity contribution in [2.45, 2.75) is 13.5 Å². The average molecular weight is 421 g/mol. The van der Waals surface area contributed by atoms with Crippen molar-refractivity contribution in [2.24, 2.45) is 0 Å². The molecule has 4 aromatic rings. The third kappa shape index (κ3) is 3.15. The summed E-state index contributed by atoms with van der Waals surface area (Å²) in [5.74, 6) is 0. The zero-order chi connectivity index (χ0) is 19.0. The molecule has 3 aromatic carbocycles. The van der Waals surface area contributed by atoms with Gasteiger partial charge in [0.2, 0.25) is 0 Å². The van der Waals surface area contributed by atoms with Crippen LogP contribution in [-0.2, 0) is 6.54 Å². The van der Waals surface area contributed by atoms with E-state index in [1.165, 1.54) is 4.57 Å². The highest BCUT2D eigenvalue weighted by Crippen LogP contribution is 2.18. The van der Waals surface area contributed by atoms with Gasteiger partial charge in [-0.3, -0.25) is 9.36 Å². The maximum Gasteiger partial charge on any atom is 0.336 e. The topological polar surface area (TPSA) is 44.0 Å². The van der Waals surface area contributed by atoms with Crippen molar-refractivity contribution in [2.75, 3.05) is 0 Å². The van der Waals surface area contributed by atoms with Crippen LogP contribution in [0.3, 0.4) is 0 Å². The summed E-state index contributed by atoms with van der Waals surface area (Å²) in [5.41, 5.74) is 2.68. The van der Waals surface area contributed by atoms with Gasteiger partial charge < -0.3 is 0 Å². The van der Waals surface area contributed by atoms with Crippen LogP contribution in [0.25, 0.3) is 16.6 Å². The van der Waals surface area contributed by atoms with Gasteiger partial charge in [0.15, 0.2) is 0 Å². The van der Waals surface area contributed by atoms with E-state index in [1.54, 1.807) is 22.8 Å². The monoisotopic (exact) mass is 420 g/mol. The predicted octanol–water partition coefficient (Wildman–Crippen LogP) is 4.27. The third-order valence-electron chi connectivity index (χ3n) is 4.71. The molecule has 0 aliphatic rings. The number of aryl methyl sites for hydroxylation is 1. The molecule has 0 aliphatic carbocycles. The van der Waals surface area contributed by atoms with Crippen molar-refractivity contribution in [3.05, 3.63) is 109 Å². The second-order valence-electron chi connectivity index (χ2n) is 6.43. The molecule has 4 nitrogen and oxygen atoms in total. The Morgan fingerprint density at radius 1 is 0.889 bits per heavy atom. The number of benzene rings is 3. The minimum atomic E-state index is -0.343. The largest absolute Gasteiger partial charge is 0.336 e. The Balaban J connectivity index is 2.07. The van der Waals surface area contributed by atoms with Crippen LogP contribution < -0.4 is 11.2 Å². The van der Waals surface area contributed by atoms with E-state index in [0.717, 1.165) is 15.6 Å². The Labute approximate surface area is 164 Å². The van der Waals surface area contributed by atoms with E-state index in [4.69, 9.17) is 0 Å². The number of hydrogen-bond donors (Lipinski definition) is 0. The Bertz CT molecular complexity index is 1260. The van der Waals surface area contributed by atoms with Crippen LogP contribution in [0, 0.1) is 6.92 Å². The summed E-state index contributed by atoms with van der Waals surface area (Å²) in [4.78, 5) is 26.4. The van der Waals surface area contributed by atoms with E-state index in [-0.39, 0.29) is 11.2 Å². The van der Waals surface area contributed by atoms with Crippen molar-refractivity contribution >= 4 is 26.8 Å². The van der Waals surface area contributed by atoms with Crippen LogP contribution >= 0.6 is 15.9 Å². The first-order valence-electron chi connectivity index (χ1n) is 8.61. The van der Waals surface area contributed by atoms with Crippen LogP contribution in [0.5, 0.6) is 0 Å². The van der Waals surface area contributed by atoms with Crippen LogP contribution in [-0.4, -0.2) is 9.13 Å². The van der Waals surface area contributed by atoms with Gasteiger partial charge in [-0.2, -0.15) is 0 Å². The molecule has 134 valence electrons. The Morgan fingerprint density at radius 3 is 2.33 bits per heavy atom. The third-order valence-corrected chi connectivity index (χ3v) is 5.20. The normalized spacial score (nSPS) is 11.0.